The Balaban J connectivity index is 0. The fourth-order valence-corrected chi connectivity index (χ4v) is 0.768. The molecule has 1 atom stereocenters. The zero-order valence-corrected chi connectivity index (χ0v) is 10.8. The van der Waals surface area contributed by atoms with Crippen LogP contribution in [0.4, 0.5) is 0 Å². The van der Waals surface area contributed by atoms with Gasteiger partial charge in [0.1, 0.15) is 0 Å². The molecule has 0 rings (SSSR count). The largest absolute Gasteiger partial charge is 0.478 e. The van der Waals surface area contributed by atoms with Gasteiger partial charge in [-0.05, 0) is 6.92 Å². The minimum atomic E-state index is -1.42. The van der Waals surface area contributed by atoms with Gasteiger partial charge in [-0.25, -0.2) is 9.59 Å². The second-order valence-electron chi connectivity index (χ2n) is 3.60. The van der Waals surface area contributed by atoms with Gasteiger partial charge in [0.2, 0.25) is 0 Å². The van der Waals surface area contributed by atoms with Crippen LogP contribution >= 0.6 is 0 Å². The molecule has 7 nitrogen and oxygen atoms in total. The first-order valence-electron chi connectivity index (χ1n) is 5.45. The number of ether oxygens (including phenoxy) is 1. The smallest absolute Gasteiger partial charge is 0.331 e. The zero-order valence-electron chi connectivity index (χ0n) is 10.8. The van der Waals surface area contributed by atoms with Crippen LogP contribution in [0.2, 0.25) is 0 Å². The summed E-state index contributed by atoms with van der Waals surface area (Å²) in [5.41, 5.74) is 0.0463. The summed E-state index contributed by atoms with van der Waals surface area (Å²) in [6.45, 7) is 7.92. The molecule has 0 amide bonds. The molecule has 0 aromatic heterocycles. The van der Waals surface area contributed by atoms with Crippen molar-refractivity contribution in [3.63, 3.8) is 0 Å². The molecule has 0 aliphatic carbocycles. The van der Waals surface area contributed by atoms with Crippen LogP contribution in [0.5, 0.6) is 0 Å². The molecule has 0 spiro atoms. The Kier molecular flexibility index (Phi) is 11.8. The van der Waals surface area contributed by atoms with E-state index in [2.05, 4.69) is 17.9 Å². The minimum Gasteiger partial charge on any atom is -0.478 e. The molecule has 0 heterocycles. The summed E-state index contributed by atoms with van der Waals surface area (Å²) in [6.07, 6.45) is -0.857. The van der Waals surface area contributed by atoms with Crippen molar-refractivity contribution in [3.05, 3.63) is 24.8 Å². The molecule has 0 fully saturated rings. The zero-order chi connectivity index (χ0) is 15.4. The molecule has 0 bridgehead atoms. The van der Waals surface area contributed by atoms with E-state index < -0.39 is 24.3 Å². The molecule has 110 valence electrons. The van der Waals surface area contributed by atoms with Crippen molar-refractivity contribution in [2.45, 2.75) is 32.2 Å². The first-order chi connectivity index (χ1) is 8.70. The molecule has 0 aromatic rings. The summed E-state index contributed by atoms with van der Waals surface area (Å²) in [6, 6.07) is 0. The summed E-state index contributed by atoms with van der Waals surface area (Å²) in [4.78, 5) is 20.3. The van der Waals surface area contributed by atoms with Crippen LogP contribution in [0, 0.1) is 0 Å². The lowest BCUT2D eigenvalue weighted by molar-refractivity contribution is -0.140. The summed E-state index contributed by atoms with van der Waals surface area (Å²) >= 11 is 0. The number of carbonyl (C=O) groups excluding carboxylic acids is 1. The quantitative estimate of drug-likeness (QED) is 0.289. The van der Waals surface area contributed by atoms with Gasteiger partial charge < -0.3 is 25.2 Å². The SMILES string of the molecule is C=C(CC(C)O)C(=O)O.C=CC(=O)OCCC(O)O. The number of hydrogen-bond acceptors (Lipinski definition) is 6. The van der Waals surface area contributed by atoms with Gasteiger partial charge in [-0.15, -0.1) is 0 Å². The van der Waals surface area contributed by atoms with E-state index in [4.69, 9.17) is 20.4 Å². The lowest BCUT2D eigenvalue weighted by Gasteiger charge is -2.02. The van der Waals surface area contributed by atoms with Gasteiger partial charge in [0.05, 0.1) is 12.7 Å². The van der Waals surface area contributed by atoms with Gasteiger partial charge in [-0.1, -0.05) is 13.2 Å². The molecule has 1 unspecified atom stereocenters. The standard InChI is InChI=1S/C6H10O4.C6H10O3/c1-2-6(9)10-4-3-5(7)8;1-4(6(8)9)3-5(2)7/h2,5,7-8H,1,3-4H2;5,7H,1,3H2,2H3,(H,8,9). The highest BCUT2D eigenvalue weighted by Gasteiger charge is 2.05. The third kappa shape index (κ3) is 16.3. The maximum Gasteiger partial charge on any atom is 0.331 e. The lowest BCUT2D eigenvalue weighted by Crippen LogP contribution is -2.10. The molecule has 0 aliphatic heterocycles. The predicted molar refractivity (Wildman–Crippen MR) is 67.1 cm³/mol. The summed E-state index contributed by atoms with van der Waals surface area (Å²) in [5, 5.41) is 33.4. The monoisotopic (exact) mass is 276 g/mol. The van der Waals surface area contributed by atoms with E-state index in [0.717, 1.165) is 6.08 Å². The normalized spacial score (nSPS) is 11.0. The molecule has 0 saturated heterocycles. The van der Waals surface area contributed by atoms with Crippen LogP contribution in [-0.2, 0) is 14.3 Å². The van der Waals surface area contributed by atoms with Gasteiger partial charge in [0, 0.05) is 24.5 Å². The van der Waals surface area contributed by atoms with Crippen molar-refractivity contribution in [1.29, 1.82) is 0 Å². The highest BCUT2D eigenvalue weighted by molar-refractivity contribution is 5.85. The second-order valence-corrected chi connectivity index (χ2v) is 3.60. The molecule has 0 radical (unpaired) electrons. The minimum absolute atomic E-state index is 0.00250. The Bertz CT molecular complexity index is 307. The van der Waals surface area contributed by atoms with Gasteiger partial charge >= 0.3 is 11.9 Å². The fraction of sp³-hybridized carbons (Fsp3) is 0.500. The number of carboxylic acids is 1. The van der Waals surface area contributed by atoms with E-state index in [-0.39, 0.29) is 25.0 Å². The van der Waals surface area contributed by atoms with E-state index >= 15 is 0 Å². The van der Waals surface area contributed by atoms with Gasteiger partial charge in [0.25, 0.3) is 0 Å². The van der Waals surface area contributed by atoms with E-state index in [0.29, 0.717) is 0 Å². The van der Waals surface area contributed by atoms with Crippen LogP contribution in [0.15, 0.2) is 24.8 Å². The van der Waals surface area contributed by atoms with Gasteiger partial charge in [0.15, 0.2) is 6.29 Å². The molecule has 19 heavy (non-hydrogen) atoms. The lowest BCUT2D eigenvalue weighted by atomic mass is 10.1. The molecular weight excluding hydrogens is 256 g/mol. The van der Waals surface area contributed by atoms with Crippen molar-refractivity contribution in [2.75, 3.05) is 6.61 Å². The van der Waals surface area contributed by atoms with E-state index in [1.165, 1.54) is 6.92 Å². The first kappa shape index (κ1) is 19.6. The maximum atomic E-state index is 10.3. The Hall–Kier alpha value is -1.70. The van der Waals surface area contributed by atoms with Crippen LogP contribution < -0.4 is 0 Å². The third-order valence-corrected chi connectivity index (χ3v) is 1.63. The maximum absolute atomic E-state index is 10.3. The van der Waals surface area contributed by atoms with Crippen molar-refractivity contribution in [1.82, 2.24) is 0 Å². The van der Waals surface area contributed by atoms with E-state index in [1.54, 1.807) is 0 Å². The molecule has 0 aromatic carbocycles. The Morgan fingerprint density at radius 3 is 2.11 bits per heavy atom. The van der Waals surface area contributed by atoms with Crippen LogP contribution in [-0.4, -0.2) is 51.4 Å². The van der Waals surface area contributed by atoms with Crippen molar-refractivity contribution >= 4 is 11.9 Å². The topological polar surface area (TPSA) is 124 Å². The Labute approximate surface area is 111 Å². The summed E-state index contributed by atoms with van der Waals surface area (Å²) in [5.74, 6) is -1.60. The highest BCUT2D eigenvalue weighted by atomic mass is 16.5. The Morgan fingerprint density at radius 1 is 1.32 bits per heavy atom. The number of hydrogen-bond donors (Lipinski definition) is 4. The Morgan fingerprint density at radius 2 is 1.84 bits per heavy atom. The van der Waals surface area contributed by atoms with Gasteiger partial charge in [-0.2, -0.15) is 0 Å². The molecular formula is C12H20O7. The number of aliphatic hydroxyl groups is 3. The molecule has 0 saturated carbocycles. The van der Waals surface area contributed by atoms with Crippen molar-refractivity contribution < 1.29 is 34.8 Å². The number of carbonyl (C=O) groups is 2. The van der Waals surface area contributed by atoms with E-state index in [1.807, 2.05) is 0 Å². The van der Waals surface area contributed by atoms with Crippen LogP contribution in [0.3, 0.4) is 0 Å². The summed E-state index contributed by atoms with van der Waals surface area (Å²) in [7, 11) is 0. The van der Waals surface area contributed by atoms with Crippen molar-refractivity contribution in [2.24, 2.45) is 0 Å². The number of esters is 1. The average molecular weight is 276 g/mol. The van der Waals surface area contributed by atoms with Crippen LogP contribution in [0.1, 0.15) is 19.8 Å². The van der Waals surface area contributed by atoms with Crippen LogP contribution in [0.25, 0.3) is 0 Å². The van der Waals surface area contributed by atoms with Gasteiger partial charge in [-0.3, -0.25) is 0 Å². The predicted octanol–water partition coefficient (Wildman–Crippen LogP) is -0.186. The summed E-state index contributed by atoms with van der Waals surface area (Å²) < 4.78 is 4.42. The van der Waals surface area contributed by atoms with E-state index in [9.17, 15) is 9.59 Å². The number of aliphatic hydroxyl groups excluding tert-OH is 2. The second kappa shape index (κ2) is 11.4. The van der Waals surface area contributed by atoms with Crippen molar-refractivity contribution in [3.8, 4) is 0 Å². The molecule has 7 heteroatoms. The third-order valence-electron chi connectivity index (χ3n) is 1.63. The molecule has 0 aliphatic rings. The fourth-order valence-electron chi connectivity index (χ4n) is 0.768. The number of carboxylic acid groups (broad SMARTS) is 1. The number of rotatable bonds is 7. The first-order valence-corrected chi connectivity index (χ1v) is 5.45. The average Bonchev–Trinajstić information content (AvgIpc) is 2.28. The highest BCUT2D eigenvalue weighted by Crippen LogP contribution is 2.01. The number of aliphatic carboxylic acids is 1. The molecule has 4 N–H and O–H groups in total.